The van der Waals surface area contributed by atoms with Crippen LogP contribution in [0.25, 0.3) is 0 Å². The zero-order valence-electron chi connectivity index (χ0n) is 11.0. The van der Waals surface area contributed by atoms with Crippen molar-refractivity contribution in [2.24, 2.45) is 0 Å². The first-order valence-electron chi connectivity index (χ1n) is 6.21. The van der Waals surface area contributed by atoms with Crippen molar-refractivity contribution in [2.45, 2.75) is 13.0 Å². The summed E-state index contributed by atoms with van der Waals surface area (Å²) >= 11 is 0. The van der Waals surface area contributed by atoms with Crippen LogP contribution in [0.2, 0.25) is 0 Å². The number of anilines is 1. The van der Waals surface area contributed by atoms with Gasteiger partial charge >= 0.3 is 0 Å². The molecule has 18 heavy (non-hydrogen) atoms. The Balaban J connectivity index is 1.96. The Hall–Kier alpha value is -1.46. The molecule has 0 unspecified atom stereocenters. The summed E-state index contributed by atoms with van der Waals surface area (Å²) in [6.45, 7) is 3.36. The van der Waals surface area contributed by atoms with E-state index in [2.05, 4.69) is 26.3 Å². The molecule has 1 N–H and O–H groups in total. The molecule has 2 heterocycles. The zero-order valence-corrected chi connectivity index (χ0v) is 11.0. The molecular weight excluding hydrogens is 228 g/mol. The third-order valence-corrected chi connectivity index (χ3v) is 3.01. The quantitative estimate of drug-likeness (QED) is 0.787. The van der Waals surface area contributed by atoms with Crippen LogP contribution in [0.4, 0.5) is 5.82 Å². The molecule has 0 bridgehead atoms. The Morgan fingerprint density at radius 3 is 2.83 bits per heavy atom. The van der Waals surface area contributed by atoms with E-state index in [9.17, 15) is 0 Å². The van der Waals surface area contributed by atoms with Crippen LogP contribution in [-0.4, -0.2) is 43.8 Å². The predicted molar refractivity (Wildman–Crippen MR) is 71.6 cm³/mol. The van der Waals surface area contributed by atoms with Gasteiger partial charge in [-0.25, -0.2) is 4.98 Å². The summed E-state index contributed by atoms with van der Waals surface area (Å²) in [6.07, 6.45) is 6.94. The fourth-order valence-electron chi connectivity index (χ4n) is 2.02. The Bertz CT molecular complexity index is 402. The average molecular weight is 248 g/mol. The zero-order chi connectivity index (χ0) is 12.8. The molecule has 0 saturated heterocycles. The Labute approximate surface area is 108 Å². The summed E-state index contributed by atoms with van der Waals surface area (Å²) in [5.74, 6) is 0.947. The number of rotatable bonds is 5. The van der Waals surface area contributed by atoms with E-state index in [1.54, 1.807) is 7.11 Å². The van der Waals surface area contributed by atoms with Crippen molar-refractivity contribution in [2.75, 3.05) is 38.8 Å². The van der Waals surface area contributed by atoms with Gasteiger partial charge in [-0.2, -0.15) is 0 Å². The van der Waals surface area contributed by atoms with Gasteiger partial charge in [-0.05, 0) is 19.0 Å². The van der Waals surface area contributed by atoms with E-state index < -0.39 is 0 Å². The number of nitrogens with one attached hydrogen (secondary N) is 1. The molecule has 1 aromatic heterocycles. The maximum atomic E-state index is 5.14. The van der Waals surface area contributed by atoms with E-state index in [1.165, 1.54) is 5.57 Å². The van der Waals surface area contributed by atoms with Crippen LogP contribution in [0.1, 0.15) is 12.1 Å². The molecule has 1 aliphatic heterocycles. The minimum atomic E-state index is 0.737. The van der Waals surface area contributed by atoms with Gasteiger partial charge in [0.05, 0.1) is 24.7 Å². The minimum absolute atomic E-state index is 0.737. The van der Waals surface area contributed by atoms with Gasteiger partial charge in [0.25, 0.3) is 0 Å². The summed E-state index contributed by atoms with van der Waals surface area (Å²) < 4.78 is 5.14. The van der Waals surface area contributed by atoms with Crippen LogP contribution in [0.15, 0.2) is 24.0 Å². The summed E-state index contributed by atoms with van der Waals surface area (Å²) in [6, 6.07) is 0. The fourth-order valence-corrected chi connectivity index (χ4v) is 2.02. The number of hydrogen-bond acceptors (Lipinski definition) is 5. The van der Waals surface area contributed by atoms with Crippen molar-refractivity contribution in [1.29, 1.82) is 0 Å². The molecule has 0 radical (unpaired) electrons. The van der Waals surface area contributed by atoms with Crippen LogP contribution < -0.4 is 10.2 Å². The third-order valence-electron chi connectivity index (χ3n) is 3.01. The SMILES string of the molecule is CNCc1cnc(N2CC=C(COC)CC2)cn1. The smallest absolute Gasteiger partial charge is 0.147 e. The maximum absolute atomic E-state index is 5.14. The summed E-state index contributed by atoms with van der Waals surface area (Å²) in [5, 5.41) is 3.06. The van der Waals surface area contributed by atoms with Gasteiger partial charge in [-0.15, -0.1) is 0 Å². The van der Waals surface area contributed by atoms with Crippen LogP contribution >= 0.6 is 0 Å². The monoisotopic (exact) mass is 248 g/mol. The van der Waals surface area contributed by atoms with Crippen LogP contribution in [0.3, 0.4) is 0 Å². The lowest BCUT2D eigenvalue weighted by Crippen LogP contribution is -2.30. The van der Waals surface area contributed by atoms with E-state index in [4.69, 9.17) is 4.74 Å². The lowest BCUT2D eigenvalue weighted by atomic mass is 10.1. The second kappa shape index (κ2) is 6.47. The predicted octanol–water partition coefficient (Wildman–Crippen LogP) is 0.979. The molecule has 0 amide bonds. The van der Waals surface area contributed by atoms with E-state index in [0.29, 0.717) is 0 Å². The molecular formula is C13H20N4O. The third kappa shape index (κ3) is 3.27. The first-order chi connectivity index (χ1) is 8.83. The molecule has 5 heteroatoms. The van der Waals surface area contributed by atoms with E-state index in [0.717, 1.165) is 44.2 Å². The van der Waals surface area contributed by atoms with E-state index in [1.807, 2.05) is 19.4 Å². The van der Waals surface area contributed by atoms with Crippen LogP contribution in [0, 0.1) is 0 Å². The number of ether oxygens (including phenoxy) is 1. The highest BCUT2D eigenvalue weighted by atomic mass is 16.5. The van der Waals surface area contributed by atoms with Gasteiger partial charge in [0.2, 0.25) is 0 Å². The topological polar surface area (TPSA) is 50.3 Å². The molecule has 98 valence electrons. The molecule has 1 aromatic rings. The Morgan fingerprint density at radius 1 is 1.39 bits per heavy atom. The van der Waals surface area contributed by atoms with Gasteiger partial charge in [0.15, 0.2) is 0 Å². The molecule has 0 aromatic carbocycles. The number of methoxy groups -OCH3 is 1. The molecule has 5 nitrogen and oxygen atoms in total. The fraction of sp³-hybridized carbons (Fsp3) is 0.538. The number of nitrogens with zero attached hydrogens (tertiary/aromatic N) is 3. The minimum Gasteiger partial charge on any atom is -0.380 e. The largest absolute Gasteiger partial charge is 0.380 e. The second-order valence-electron chi connectivity index (χ2n) is 4.39. The van der Waals surface area contributed by atoms with Gasteiger partial charge in [0, 0.05) is 26.7 Å². The normalized spacial score (nSPS) is 15.7. The highest BCUT2D eigenvalue weighted by molar-refractivity contribution is 5.39. The number of hydrogen-bond donors (Lipinski definition) is 1. The van der Waals surface area contributed by atoms with E-state index >= 15 is 0 Å². The molecule has 0 fully saturated rings. The van der Waals surface area contributed by atoms with Crippen molar-refractivity contribution < 1.29 is 4.74 Å². The molecule has 0 spiro atoms. The van der Waals surface area contributed by atoms with Gasteiger partial charge < -0.3 is 15.0 Å². The lowest BCUT2D eigenvalue weighted by molar-refractivity contribution is 0.222. The van der Waals surface area contributed by atoms with Gasteiger partial charge in [-0.1, -0.05) is 6.08 Å². The van der Waals surface area contributed by atoms with Crippen LogP contribution in [0.5, 0.6) is 0 Å². The summed E-state index contributed by atoms with van der Waals surface area (Å²) in [7, 11) is 3.64. The average Bonchev–Trinajstić information content (AvgIpc) is 2.41. The Morgan fingerprint density at radius 2 is 2.28 bits per heavy atom. The first-order valence-corrected chi connectivity index (χ1v) is 6.21. The molecule has 1 aliphatic rings. The number of aromatic nitrogens is 2. The molecule has 0 saturated carbocycles. The van der Waals surface area contributed by atoms with Crippen molar-refractivity contribution in [3.05, 3.63) is 29.7 Å². The first kappa shape index (κ1) is 13.0. The van der Waals surface area contributed by atoms with E-state index in [-0.39, 0.29) is 0 Å². The highest BCUT2D eigenvalue weighted by Gasteiger charge is 2.13. The standard InChI is InChI=1S/C13H20N4O/c1-14-7-12-8-16-13(9-15-12)17-5-3-11(4-6-17)10-18-2/h3,8-9,14H,4-7,10H2,1-2H3. The molecule has 0 aliphatic carbocycles. The van der Waals surface area contributed by atoms with Crippen molar-refractivity contribution >= 4 is 5.82 Å². The Kier molecular flexibility index (Phi) is 4.66. The summed E-state index contributed by atoms with van der Waals surface area (Å²) in [5.41, 5.74) is 2.34. The van der Waals surface area contributed by atoms with Crippen molar-refractivity contribution in [3.63, 3.8) is 0 Å². The molecule has 2 rings (SSSR count). The maximum Gasteiger partial charge on any atom is 0.147 e. The second-order valence-corrected chi connectivity index (χ2v) is 4.39. The molecule has 0 atom stereocenters. The van der Waals surface area contributed by atoms with Gasteiger partial charge in [-0.3, -0.25) is 4.98 Å². The van der Waals surface area contributed by atoms with Crippen molar-refractivity contribution in [1.82, 2.24) is 15.3 Å². The van der Waals surface area contributed by atoms with Crippen molar-refractivity contribution in [3.8, 4) is 0 Å². The summed E-state index contributed by atoms with van der Waals surface area (Å²) in [4.78, 5) is 11.1. The highest BCUT2D eigenvalue weighted by Crippen LogP contribution is 2.16. The van der Waals surface area contributed by atoms with Crippen LogP contribution in [-0.2, 0) is 11.3 Å². The van der Waals surface area contributed by atoms with Gasteiger partial charge in [0.1, 0.15) is 5.82 Å². The lowest BCUT2D eigenvalue weighted by Gasteiger charge is -2.27.